The molecule has 1 N–H and O–H groups in total. The van der Waals surface area contributed by atoms with Gasteiger partial charge in [0.25, 0.3) is 0 Å². The molecule has 0 saturated carbocycles. The summed E-state index contributed by atoms with van der Waals surface area (Å²) in [5.41, 5.74) is 2.25. The number of nitrogens with one attached hydrogen (secondary N) is 1. The number of halogens is 1. The van der Waals surface area contributed by atoms with Crippen LogP contribution in [0.2, 0.25) is 5.02 Å². The topological polar surface area (TPSA) is 56.2 Å². The van der Waals surface area contributed by atoms with Crippen LogP contribution in [0.5, 0.6) is 5.75 Å². The van der Waals surface area contributed by atoms with Crippen molar-refractivity contribution in [3.63, 3.8) is 0 Å². The highest BCUT2D eigenvalue weighted by atomic mass is 35.5. The quantitative estimate of drug-likeness (QED) is 0.320. The van der Waals surface area contributed by atoms with Crippen LogP contribution in [0.1, 0.15) is 51.8 Å². The van der Waals surface area contributed by atoms with E-state index < -0.39 is 0 Å². The van der Waals surface area contributed by atoms with Gasteiger partial charge in [-0.2, -0.15) is 0 Å². The van der Waals surface area contributed by atoms with Gasteiger partial charge in [-0.3, -0.25) is 4.79 Å². The van der Waals surface area contributed by atoms with Gasteiger partial charge in [-0.15, -0.1) is 0 Å². The van der Waals surface area contributed by atoms with E-state index in [-0.39, 0.29) is 11.8 Å². The first-order valence-corrected chi connectivity index (χ1v) is 12.0. The number of rotatable bonds is 13. The second kappa shape index (κ2) is 12.5. The van der Waals surface area contributed by atoms with Crippen LogP contribution in [0, 0.1) is 5.92 Å². The molecule has 0 fully saturated rings. The molecule has 172 valence electrons. The van der Waals surface area contributed by atoms with Crippen molar-refractivity contribution in [2.24, 2.45) is 5.92 Å². The number of aromatic nitrogens is 2. The van der Waals surface area contributed by atoms with Crippen LogP contribution < -0.4 is 10.1 Å². The molecule has 32 heavy (non-hydrogen) atoms. The van der Waals surface area contributed by atoms with Gasteiger partial charge in [0.2, 0.25) is 5.91 Å². The summed E-state index contributed by atoms with van der Waals surface area (Å²) in [6.45, 7) is 6.16. The Morgan fingerprint density at radius 3 is 2.62 bits per heavy atom. The SMILES string of the molecule is CC(C)C(=O)NCCCCCc1nc2ccccc2n1CCCCOc1ccccc1Cl. The fourth-order valence-electron chi connectivity index (χ4n) is 3.68. The van der Waals surface area contributed by atoms with Gasteiger partial charge in [-0.05, 0) is 49.9 Å². The van der Waals surface area contributed by atoms with Gasteiger partial charge in [-0.1, -0.05) is 56.1 Å². The maximum atomic E-state index is 11.6. The van der Waals surface area contributed by atoms with E-state index in [0.29, 0.717) is 11.6 Å². The van der Waals surface area contributed by atoms with Gasteiger partial charge in [0, 0.05) is 25.4 Å². The number of unbranched alkanes of at least 4 members (excludes halogenated alkanes) is 3. The van der Waals surface area contributed by atoms with Crippen molar-refractivity contribution in [3.8, 4) is 5.75 Å². The summed E-state index contributed by atoms with van der Waals surface area (Å²) < 4.78 is 8.17. The number of benzene rings is 2. The number of carbonyl (C=O) groups excluding carboxylic acids is 1. The number of nitrogens with zero attached hydrogens (tertiary/aromatic N) is 2. The molecule has 0 aliphatic rings. The highest BCUT2D eigenvalue weighted by molar-refractivity contribution is 6.32. The maximum absolute atomic E-state index is 11.6. The molecular weight excluding hydrogens is 422 g/mol. The highest BCUT2D eigenvalue weighted by Crippen LogP contribution is 2.23. The van der Waals surface area contributed by atoms with E-state index in [1.165, 1.54) is 5.52 Å². The largest absolute Gasteiger partial charge is 0.492 e. The first-order valence-electron chi connectivity index (χ1n) is 11.7. The summed E-state index contributed by atoms with van der Waals surface area (Å²) in [4.78, 5) is 16.5. The number of carbonyl (C=O) groups is 1. The van der Waals surface area contributed by atoms with E-state index >= 15 is 0 Å². The zero-order valence-electron chi connectivity index (χ0n) is 19.1. The maximum Gasteiger partial charge on any atom is 0.222 e. The van der Waals surface area contributed by atoms with Gasteiger partial charge in [0.05, 0.1) is 22.7 Å². The normalized spacial score (nSPS) is 11.2. The third-order valence-electron chi connectivity index (χ3n) is 5.50. The van der Waals surface area contributed by atoms with Crippen LogP contribution in [0.4, 0.5) is 0 Å². The summed E-state index contributed by atoms with van der Waals surface area (Å²) in [5.74, 6) is 2.06. The molecule has 1 aromatic heterocycles. The number of amides is 1. The standard InChI is InChI=1S/C26H34ClN3O2/c1-20(2)26(31)28-17-9-3-4-16-25-29-22-13-6-7-14-23(22)30(25)18-10-11-19-32-24-15-8-5-12-21(24)27/h5-8,12-15,20H,3-4,9-11,16-19H2,1-2H3,(H,28,31). The molecule has 6 heteroatoms. The van der Waals surface area contributed by atoms with Crippen molar-refractivity contribution in [3.05, 3.63) is 59.4 Å². The highest BCUT2D eigenvalue weighted by Gasteiger charge is 2.10. The molecule has 3 rings (SSSR count). The summed E-state index contributed by atoms with van der Waals surface area (Å²) in [6.07, 6.45) is 6.05. The van der Waals surface area contributed by atoms with Crippen LogP contribution >= 0.6 is 11.6 Å². The number of para-hydroxylation sites is 3. The van der Waals surface area contributed by atoms with Crippen molar-refractivity contribution in [1.82, 2.24) is 14.9 Å². The van der Waals surface area contributed by atoms with Gasteiger partial charge < -0.3 is 14.6 Å². The predicted octanol–water partition coefficient (Wildman–Crippen LogP) is 6.03. The Bertz CT molecular complexity index is 1000. The average molecular weight is 456 g/mol. The van der Waals surface area contributed by atoms with Crippen molar-refractivity contribution < 1.29 is 9.53 Å². The van der Waals surface area contributed by atoms with E-state index in [0.717, 1.165) is 68.7 Å². The third-order valence-corrected chi connectivity index (χ3v) is 5.82. The van der Waals surface area contributed by atoms with E-state index in [9.17, 15) is 4.79 Å². The van der Waals surface area contributed by atoms with Gasteiger partial charge >= 0.3 is 0 Å². The first-order chi connectivity index (χ1) is 15.6. The lowest BCUT2D eigenvalue weighted by atomic mass is 10.1. The average Bonchev–Trinajstić information content (AvgIpc) is 3.14. The van der Waals surface area contributed by atoms with Crippen LogP contribution in [0.25, 0.3) is 11.0 Å². The van der Waals surface area contributed by atoms with Crippen molar-refractivity contribution in [2.75, 3.05) is 13.2 Å². The molecule has 0 bridgehead atoms. The number of hydrogen-bond donors (Lipinski definition) is 1. The summed E-state index contributed by atoms with van der Waals surface area (Å²) in [6, 6.07) is 15.9. The van der Waals surface area contributed by atoms with E-state index in [1.807, 2.05) is 44.2 Å². The van der Waals surface area contributed by atoms with Gasteiger partial charge in [0.1, 0.15) is 11.6 Å². The first kappa shape index (κ1) is 24.1. The van der Waals surface area contributed by atoms with E-state index in [2.05, 4.69) is 28.1 Å². The molecule has 3 aromatic rings. The Labute approximate surface area is 196 Å². The van der Waals surface area contributed by atoms with Crippen molar-refractivity contribution in [2.45, 2.75) is 58.9 Å². The molecule has 0 atom stereocenters. The lowest BCUT2D eigenvalue weighted by Gasteiger charge is -2.11. The Morgan fingerprint density at radius 2 is 1.81 bits per heavy atom. The van der Waals surface area contributed by atoms with E-state index in [4.69, 9.17) is 21.3 Å². The Morgan fingerprint density at radius 1 is 1.03 bits per heavy atom. The minimum atomic E-state index is 0.0463. The molecule has 0 radical (unpaired) electrons. The number of aryl methyl sites for hydroxylation is 2. The fourth-order valence-corrected chi connectivity index (χ4v) is 3.87. The fraction of sp³-hybridized carbons (Fsp3) is 0.462. The molecule has 0 saturated heterocycles. The monoisotopic (exact) mass is 455 g/mol. The third kappa shape index (κ3) is 6.99. The molecule has 2 aromatic carbocycles. The second-order valence-electron chi connectivity index (χ2n) is 8.41. The van der Waals surface area contributed by atoms with Crippen LogP contribution in [-0.4, -0.2) is 28.6 Å². The Balaban J connectivity index is 1.47. The van der Waals surface area contributed by atoms with E-state index in [1.54, 1.807) is 0 Å². The summed E-state index contributed by atoms with van der Waals surface area (Å²) >= 11 is 6.16. The molecule has 0 aliphatic carbocycles. The molecular formula is C26H34ClN3O2. The number of imidazole rings is 1. The molecule has 0 spiro atoms. The zero-order chi connectivity index (χ0) is 22.8. The van der Waals surface area contributed by atoms with Gasteiger partial charge in [-0.25, -0.2) is 4.98 Å². The minimum Gasteiger partial charge on any atom is -0.492 e. The van der Waals surface area contributed by atoms with Crippen LogP contribution in [0.3, 0.4) is 0 Å². The summed E-state index contributed by atoms with van der Waals surface area (Å²) in [5, 5.41) is 3.64. The zero-order valence-corrected chi connectivity index (χ0v) is 19.9. The minimum absolute atomic E-state index is 0.0463. The molecule has 5 nitrogen and oxygen atoms in total. The summed E-state index contributed by atoms with van der Waals surface area (Å²) in [7, 11) is 0. The van der Waals surface area contributed by atoms with Crippen LogP contribution in [0.15, 0.2) is 48.5 Å². The molecule has 0 aliphatic heterocycles. The number of hydrogen-bond acceptors (Lipinski definition) is 3. The van der Waals surface area contributed by atoms with Crippen molar-refractivity contribution in [1.29, 1.82) is 0 Å². The Kier molecular flexibility index (Phi) is 9.42. The van der Waals surface area contributed by atoms with Crippen molar-refractivity contribution >= 4 is 28.5 Å². The predicted molar refractivity (Wildman–Crippen MR) is 131 cm³/mol. The molecule has 1 amide bonds. The second-order valence-corrected chi connectivity index (χ2v) is 8.82. The smallest absolute Gasteiger partial charge is 0.222 e. The lowest BCUT2D eigenvalue weighted by molar-refractivity contribution is -0.123. The number of fused-ring (bicyclic) bond motifs is 1. The van der Waals surface area contributed by atoms with Crippen LogP contribution in [-0.2, 0) is 17.8 Å². The molecule has 1 heterocycles. The molecule has 0 unspecified atom stereocenters. The lowest BCUT2D eigenvalue weighted by Crippen LogP contribution is -2.28. The number of ether oxygens (including phenoxy) is 1. The van der Waals surface area contributed by atoms with Gasteiger partial charge in [0.15, 0.2) is 0 Å². The Hall–Kier alpha value is -2.53.